The second kappa shape index (κ2) is 14.6. The van der Waals surface area contributed by atoms with Crippen molar-refractivity contribution in [2.75, 3.05) is 13.1 Å². The van der Waals surface area contributed by atoms with E-state index in [9.17, 15) is 29.1 Å². The Labute approximate surface area is 341 Å². The van der Waals surface area contributed by atoms with Gasteiger partial charge in [-0.05, 0) is 150 Å². The molecule has 0 aromatic rings. The van der Waals surface area contributed by atoms with Gasteiger partial charge in [0.2, 0.25) is 0 Å². The predicted molar refractivity (Wildman–Crippen MR) is 218 cm³/mol. The number of Topliss-reactive ketones (excluding diaryl/α,β-unsaturated/α-hetero) is 1. The second-order valence-corrected chi connectivity index (χ2v) is 22.3. The molecule has 5 aliphatic carbocycles. The molecule has 320 valence electrons. The number of carbonyl (C=O) groups is 5. The molecule has 11 heteroatoms. The van der Waals surface area contributed by atoms with E-state index in [2.05, 4.69) is 59.1 Å². The van der Waals surface area contributed by atoms with Crippen molar-refractivity contribution in [1.29, 1.82) is 0 Å². The van der Waals surface area contributed by atoms with Crippen LogP contribution in [-0.2, 0) is 23.9 Å². The summed E-state index contributed by atoms with van der Waals surface area (Å²) in [5, 5.41) is 16.1. The van der Waals surface area contributed by atoms with E-state index in [1.165, 1.54) is 5.57 Å². The topological polar surface area (TPSA) is 151 Å². The number of ketones is 1. The molecule has 9 atom stereocenters. The van der Waals surface area contributed by atoms with Gasteiger partial charge < -0.3 is 30.1 Å². The van der Waals surface area contributed by atoms with Crippen LogP contribution in [-0.4, -0.2) is 76.2 Å². The number of nitrogens with one attached hydrogen (secondary N) is 2. The predicted octanol–water partition coefficient (Wildman–Crippen LogP) is 8.83. The van der Waals surface area contributed by atoms with Gasteiger partial charge in [0, 0.05) is 24.9 Å². The molecule has 6 rings (SSSR count). The highest BCUT2D eigenvalue weighted by atomic mass is 16.6. The van der Waals surface area contributed by atoms with Gasteiger partial charge in [-0.1, -0.05) is 48.5 Å². The number of esters is 1. The smallest absolute Gasteiger partial charge is 0.410 e. The third-order valence-corrected chi connectivity index (χ3v) is 16.7. The third-order valence-electron chi connectivity index (χ3n) is 16.7. The van der Waals surface area contributed by atoms with E-state index < -0.39 is 28.5 Å². The molecule has 0 aromatic heterocycles. The Morgan fingerprint density at radius 3 is 2.19 bits per heavy atom. The van der Waals surface area contributed by atoms with Crippen molar-refractivity contribution >= 4 is 29.8 Å². The average Bonchev–Trinajstić information content (AvgIpc) is 3.66. The highest BCUT2D eigenvalue weighted by molar-refractivity contribution is 6.02. The molecule has 0 radical (unpaired) electrons. The van der Waals surface area contributed by atoms with Gasteiger partial charge >= 0.3 is 24.1 Å². The number of fused-ring (bicyclic) bond motifs is 7. The van der Waals surface area contributed by atoms with Crippen molar-refractivity contribution in [3.8, 4) is 0 Å². The van der Waals surface area contributed by atoms with E-state index in [1.807, 2.05) is 20.8 Å². The summed E-state index contributed by atoms with van der Waals surface area (Å²) in [5.41, 5.74) is -0.764. The Balaban J connectivity index is 1.21. The summed E-state index contributed by atoms with van der Waals surface area (Å²) in [7, 11) is 0. The van der Waals surface area contributed by atoms with Crippen LogP contribution >= 0.6 is 0 Å². The quantitative estimate of drug-likeness (QED) is 0.206. The van der Waals surface area contributed by atoms with Gasteiger partial charge in [-0.25, -0.2) is 9.59 Å². The Morgan fingerprint density at radius 1 is 0.877 bits per heavy atom. The van der Waals surface area contributed by atoms with Crippen molar-refractivity contribution in [2.45, 2.75) is 183 Å². The van der Waals surface area contributed by atoms with Crippen LogP contribution in [0.4, 0.5) is 9.59 Å². The number of amides is 3. The number of carbonyl (C=O) groups excluding carboxylic acids is 4. The van der Waals surface area contributed by atoms with Gasteiger partial charge in [0.25, 0.3) is 0 Å². The van der Waals surface area contributed by atoms with Crippen LogP contribution in [0.15, 0.2) is 11.1 Å². The molecule has 11 nitrogen and oxygen atoms in total. The summed E-state index contributed by atoms with van der Waals surface area (Å²) in [6.07, 6.45) is 8.51. The highest BCUT2D eigenvalue weighted by Crippen LogP contribution is 2.76. The number of carboxylic acid groups (broad SMARTS) is 1. The Hall–Kier alpha value is -3.11. The molecule has 3 N–H and O–H groups in total. The van der Waals surface area contributed by atoms with Crippen molar-refractivity contribution in [3.63, 3.8) is 0 Å². The molecule has 1 aliphatic heterocycles. The molecule has 0 bridgehead atoms. The van der Waals surface area contributed by atoms with E-state index in [0.29, 0.717) is 37.8 Å². The monoisotopic (exact) mass is 796 g/mol. The number of urea groups is 1. The van der Waals surface area contributed by atoms with Crippen molar-refractivity contribution in [2.24, 2.45) is 50.7 Å². The lowest BCUT2D eigenvalue weighted by atomic mass is 9.33. The first-order valence-corrected chi connectivity index (χ1v) is 22.0. The van der Waals surface area contributed by atoms with E-state index in [4.69, 9.17) is 9.47 Å². The number of ether oxygens (including phenoxy) is 2. The number of aliphatic carboxylic acids is 1. The average molecular weight is 796 g/mol. The number of hydrogen-bond acceptors (Lipinski definition) is 7. The molecule has 57 heavy (non-hydrogen) atoms. The SMILES string of the molecule is CC(C)C1=C2[C@H]3CC[C@@H]4[C@@]5(C)CC[C@H](OC(=O)CC(C)(C)C(=O)O)C(C)(C)[C@@H]5CC[C@@]4(C)[C@]3(C)CC[C@@]2(NC(=O)NC[C@@H]2CCCN2C(=O)OC(C)(C)C)CC1=O. The number of rotatable bonds is 8. The maximum Gasteiger partial charge on any atom is 0.410 e. The van der Waals surface area contributed by atoms with Crippen molar-refractivity contribution in [1.82, 2.24) is 15.5 Å². The van der Waals surface area contributed by atoms with Crippen molar-refractivity contribution in [3.05, 3.63) is 11.1 Å². The Bertz CT molecular complexity index is 1690. The molecule has 0 spiro atoms. The minimum Gasteiger partial charge on any atom is -0.481 e. The molecule has 0 unspecified atom stereocenters. The highest BCUT2D eigenvalue weighted by Gasteiger charge is 2.70. The first-order chi connectivity index (χ1) is 26.2. The van der Waals surface area contributed by atoms with Gasteiger partial charge in [0.15, 0.2) is 5.78 Å². The zero-order chi connectivity index (χ0) is 42.3. The molecular weight excluding hydrogens is 723 g/mol. The number of nitrogens with zero attached hydrogens (tertiary/aromatic N) is 1. The summed E-state index contributed by atoms with van der Waals surface area (Å²) in [4.78, 5) is 67.6. The third kappa shape index (κ3) is 7.31. The van der Waals surface area contributed by atoms with E-state index in [0.717, 1.165) is 63.4 Å². The minimum absolute atomic E-state index is 0.00495. The molecule has 6 aliphatic rings. The Morgan fingerprint density at radius 2 is 1.56 bits per heavy atom. The van der Waals surface area contributed by atoms with Crippen LogP contribution in [0.3, 0.4) is 0 Å². The second-order valence-electron chi connectivity index (χ2n) is 22.3. The van der Waals surface area contributed by atoms with Gasteiger partial charge in [-0.2, -0.15) is 0 Å². The van der Waals surface area contributed by atoms with E-state index in [-0.39, 0.29) is 70.0 Å². The van der Waals surface area contributed by atoms with E-state index >= 15 is 0 Å². The molecule has 5 fully saturated rings. The van der Waals surface area contributed by atoms with E-state index in [1.54, 1.807) is 18.7 Å². The summed E-state index contributed by atoms with van der Waals surface area (Å²) < 4.78 is 11.8. The fourth-order valence-corrected chi connectivity index (χ4v) is 13.7. The normalized spacial score (nSPS) is 37.5. The minimum atomic E-state index is -1.18. The zero-order valence-corrected chi connectivity index (χ0v) is 37.1. The maximum absolute atomic E-state index is 14.1. The van der Waals surface area contributed by atoms with Crippen molar-refractivity contribution < 1.29 is 38.6 Å². The van der Waals surface area contributed by atoms with Crippen LogP contribution < -0.4 is 10.6 Å². The zero-order valence-electron chi connectivity index (χ0n) is 37.1. The molecule has 1 saturated heterocycles. The number of likely N-dealkylation sites (tertiary alicyclic amines) is 1. The van der Waals surface area contributed by atoms with Crippen LogP contribution in [0.5, 0.6) is 0 Å². The summed E-state index contributed by atoms with van der Waals surface area (Å²) in [5.74, 6) is -0.308. The standard InChI is InChI=1S/C46H73N3O8/c1-27(2)35-30(50)24-46(48-38(54)47-26-28-14-13-23-49(28)39(55)57-40(3,4)5)22-21-44(11)29(36(35)46)15-16-32-43(10)19-18-33(56-34(51)25-41(6,7)37(52)53)42(8,9)31(43)17-20-45(32,44)12/h27-29,31-33H,13-26H2,1-12H3,(H,52,53)(H2,47,48,54)/t28-,29+,31-,32+,33-,43-,44+,45+,46+/m0/s1. The molecule has 1 heterocycles. The summed E-state index contributed by atoms with van der Waals surface area (Å²) in [6.45, 7) is 25.9. The molecular formula is C46H73N3O8. The van der Waals surface area contributed by atoms with Gasteiger partial charge in [0.05, 0.1) is 23.4 Å². The summed E-state index contributed by atoms with van der Waals surface area (Å²) >= 11 is 0. The van der Waals surface area contributed by atoms with Gasteiger partial charge in [-0.3, -0.25) is 14.4 Å². The maximum atomic E-state index is 14.1. The number of carboxylic acids is 1. The van der Waals surface area contributed by atoms with Gasteiger partial charge in [0.1, 0.15) is 11.7 Å². The number of hydrogen-bond donors (Lipinski definition) is 3. The van der Waals surface area contributed by atoms with Crippen LogP contribution in [0.25, 0.3) is 0 Å². The lowest BCUT2D eigenvalue weighted by Gasteiger charge is -2.72. The fourth-order valence-electron chi connectivity index (χ4n) is 13.7. The first-order valence-electron chi connectivity index (χ1n) is 22.0. The first kappa shape index (κ1) is 43.5. The molecule has 0 aromatic carbocycles. The van der Waals surface area contributed by atoms with Crippen LogP contribution in [0.2, 0.25) is 0 Å². The van der Waals surface area contributed by atoms with Gasteiger partial charge in [-0.15, -0.1) is 0 Å². The largest absolute Gasteiger partial charge is 0.481 e. The lowest BCUT2D eigenvalue weighted by Crippen LogP contribution is -2.67. The molecule has 3 amide bonds. The van der Waals surface area contributed by atoms with Crippen LogP contribution in [0, 0.1) is 50.7 Å². The lowest BCUT2D eigenvalue weighted by molar-refractivity contribution is -0.232. The Kier molecular flexibility index (Phi) is 11.1. The van der Waals surface area contributed by atoms with Crippen LogP contribution in [0.1, 0.15) is 160 Å². The number of allylic oxidation sites excluding steroid dienone is 1. The molecule has 4 saturated carbocycles. The fraction of sp³-hybridized carbons (Fsp3) is 0.848. The summed E-state index contributed by atoms with van der Waals surface area (Å²) in [6, 6.07) is -0.434.